The highest BCUT2D eigenvalue weighted by atomic mass is 31.2. The Kier molecular flexibility index (Phi) is 62.7. The molecule has 0 saturated carbocycles. The van der Waals surface area contributed by atoms with Crippen molar-refractivity contribution in [2.45, 2.75) is 387 Å². The summed E-state index contributed by atoms with van der Waals surface area (Å²) in [5.74, 6) is -0.625. The van der Waals surface area contributed by atoms with E-state index < -0.39 is 97.5 Å². The molecule has 0 bridgehead atoms. The summed E-state index contributed by atoms with van der Waals surface area (Å²) in [6, 6.07) is 0. The van der Waals surface area contributed by atoms with E-state index in [1.165, 1.54) is 186 Å². The van der Waals surface area contributed by atoms with Crippen molar-refractivity contribution in [3.05, 3.63) is 0 Å². The molecule has 0 rings (SSSR count). The molecule has 0 radical (unpaired) electrons. The van der Waals surface area contributed by atoms with E-state index in [1.54, 1.807) is 0 Å². The quantitative estimate of drug-likeness (QED) is 0.0222. The van der Waals surface area contributed by atoms with Gasteiger partial charge in [-0.15, -0.1) is 0 Å². The van der Waals surface area contributed by atoms with Crippen LogP contribution < -0.4 is 0 Å². The summed E-state index contributed by atoms with van der Waals surface area (Å²) < 4.78 is 68.3. The summed E-state index contributed by atoms with van der Waals surface area (Å²) in [7, 11) is -9.90. The number of aliphatic hydroxyl groups is 1. The van der Waals surface area contributed by atoms with Crippen molar-refractivity contribution in [2.75, 3.05) is 39.6 Å². The van der Waals surface area contributed by atoms with Crippen LogP contribution in [0.5, 0.6) is 0 Å². The zero-order valence-corrected chi connectivity index (χ0v) is 60.9. The lowest BCUT2D eigenvalue weighted by Gasteiger charge is -2.21. The van der Waals surface area contributed by atoms with E-state index in [-0.39, 0.29) is 25.7 Å². The summed E-state index contributed by atoms with van der Waals surface area (Å²) in [6.07, 6.45) is 50.0. The van der Waals surface area contributed by atoms with Crippen molar-refractivity contribution in [1.82, 2.24) is 0 Å². The highest BCUT2D eigenvalue weighted by molar-refractivity contribution is 7.47. The molecule has 0 fully saturated rings. The smallest absolute Gasteiger partial charge is 0.462 e. The second-order valence-corrected chi connectivity index (χ2v) is 29.8. The molecule has 540 valence electrons. The topological polar surface area (TPSA) is 237 Å². The van der Waals surface area contributed by atoms with Gasteiger partial charge < -0.3 is 33.8 Å². The zero-order valence-electron chi connectivity index (χ0n) is 59.1. The number of rotatable bonds is 71. The third-order valence-electron chi connectivity index (χ3n) is 16.7. The second-order valence-electron chi connectivity index (χ2n) is 26.9. The molecule has 2 unspecified atom stereocenters. The van der Waals surface area contributed by atoms with Crippen molar-refractivity contribution in [2.24, 2.45) is 11.8 Å². The van der Waals surface area contributed by atoms with E-state index >= 15 is 0 Å². The number of ether oxygens (including phenoxy) is 4. The lowest BCUT2D eigenvalue weighted by molar-refractivity contribution is -0.161. The first-order valence-corrected chi connectivity index (χ1v) is 40.5. The first kappa shape index (κ1) is 89.1. The van der Waals surface area contributed by atoms with Gasteiger partial charge in [-0.3, -0.25) is 37.3 Å². The fourth-order valence-electron chi connectivity index (χ4n) is 10.9. The van der Waals surface area contributed by atoms with Crippen LogP contribution >= 0.6 is 15.6 Å². The van der Waals surface area contributed by atoms with E-state index in [2.05, 4.69) is 41.5 Å². The van der Waals surface area contributed by atoms with Gasteiger partial charge in [-0.25, -0.2) is 9.13 Å². The Bertz CT molecular complexity index is 1770. The zero-order chi connectivity index (χ0) is 67.2. The van der Waals surface area contributed by atoms with Gasteiger partial charge in [0.15, 0.2) is 12.2 Å². The molecular weight excluding hydrogens is 1200 g/mol. The van der Waals surface area contributed by atoms with Crippen molar-refractivity contribution >= 4 is 39.5 Å². The number of esters is 4. The SMILES string of the molecule is CCCCCCCCCCCCCCCCC(=O)OC[C@H](COP(=O)(O)OC[C@@H](O)COP(=O)(O)OC[C@@H](COC(=O)CCCCCCCCCCC)OC(=O)CCCCCCCCCC(C)C)OC(=O)CCCCCCCCCCCCCCCCCC(C)C. The van der Waals surface area contributed by atoms with Crippen LogP contribution in [0.15, 0.2) is 0 Å². The van der Waals surface area contributed by atoms with E-state index in [0.717, 1.165) is 95.8 Å². The number of phosphoric acid groups is 2. The van der Waals surface area contributed by atoms with E-state index in [4.69, 9.17) is 37.0 Å². The van der Waals surface area contributed by atoms with E-state index in [9.17, 15) is 43.2 Å². The Morgan fingerprint density at radius 1 is 0.297 bits per heavy atom. The van der Waals surface area contributed by atoms with Gasteiger partial charge in [0.25, 0.3) is 0 Å². The minimum Gasteiger partial charge on any atom is -0.462 e. The van der Waals surface area contributed by atoms with E-state index in [1.807, 2.05) is 0 Å². The maximum absolute atomic E-state index is 13.0. The van der Waals surface area contributed by atoms with Gasteiger partial charge in [-0.2, -0.15) is 0 Å². The number of hydrogen-bond acceptors (Lipinski definition) is 15. The summed E-state index contributed by atoms with van der Waals surface area (Å²) in [5, 5.41) is 10.6. The first-order chi connectivity index (χ1) is 43.9. The van der Waals surface area contributed by atoms with E-state index in [0.29, 0.717) is 31.6 Å². The third kappa shape index (κ3) is 66.5. The largest absolute Gasteiger partial charge is 0.472 e. The number of unbranched alkanes of at least 4 members (excludes halogenated alkanes) is 41. The highest BCUT2D eigenvalue weighted by Gasteiger charge is 2.30. The van der Waals surface area contributed by atoms with Gasteiger partial charge >= 0.3 is 39.5 Å². The molecule has 0 aliphatic carbocycles. The summed E-state index contributed by atoms with van der Waals surface area (Å²) in [4.78, 5) is 72.5. The molecule has 0 aliphatic rings. The molecule has 0 aromatic carbocycles. The Balaban J connectivity index is 5.21. The van der Waals surface area contributed by atoms with Crippen LogP contribution in [-0.2, 0) is 65.4 Å². The lowest BCUT2D eigenvalue weighted by Crippen LogP contribution is -2.30. The Morgan fingerprint density at radius 2 is 0.505 bits per heavy atom. The molecule has 0 spiro atoms. The van der Waals surface area contributed by atoms with Crippen LogP contribution in [0.2, 0.25) is 0 Å². The molecule has 0 aromatic rings. The number of carbonyl (C=O) groups excluding carboxylic acids is 4. The molecule has 0 amide bonds. The molecule has 0 saturated heterocycles. The minimum atomic E-state index is -4.95. The van der Waals surface area contributed by atoms with Crippen molar-refractivity contribution < 1.29 is 80.2 Å². The van der Waals surface area contributed by atoms with Crippen LogP contribution in [0, 0.1) is 11.8 Å². The van der Waals surface area contributed by atoms with Crippen LogP contribution in [-0.4, -0.2) is 96.7 Å². The van der Waals surface area contributed by atoms with Gasteiger partial charge in [0.05, 0.1) is 26.4 Å². The maximum atomic E-state index is 13.0. The number of phosphoric ester groups is 2. The fraction of sp³-hybridized carbons (Fsp3) is 0.944. The monoisotopic (exact) mass is 1340 g/mol. The summed E-state index contributed by atoms with van der Waals surface area (Å²) >= 11 is 0. The first-order valence-electron chi connectivity index (χ1n) is 37.5. The average molecular weight is 1340 g/mol. The number of hydrogen-bond donors (Lipinski definition) is 3. The molecule has 5 atom stereocenters. The molecule has 19 heteroatoms. The van der Waals surface area contributed by atoms with Crippen molar-refractivity contribution in [3.8, 4) is 0 Å². The molecule has 0 aliphatic heterocycles. The van der Waals surface area contributed by atoms with Crippen LogP contribution in [0.1, 0.15) is 369 Å². The standard InChI is InChI=1S/C72H140O17P2/c1-7-9-11-13-15-17-18-19-24-27-31-37-43-49-55-70(75)83-60-67(88-71(76)56-50-44-38-32-28-25-22-20-21-23-26-30-34-40-46-52-64(3)4)62-86-90(78,79)84-58-66(73)59-85-91(80,81)87-63-68(61-82-69(74)54-48-42-36-29-16-14-12-10-8-2)89-72(77)57-51-45-39-33-35-41-47-53-65(5)6/h64-68,73H,7-63H2,1-6H3,(H,78,79)(H,80,81)/t66-,67-,68-/m1/s1. The molecule has 17 nitrogen and oxygen atoms in total. The predicted molar refractivity (Wildman–Crippen MR) is 368 cm³/mol. The lowest BCUT2D eigenvalue weighted by atomic mass is 10.0. The third-order valence-corrected chi connectivity index (χ3v) is 18.6. The highest BCUT2D eigenvalue weighted by Crippen LogP contribution is 2.45. The minimum absolute atomic E-state index is 0.104. The summed E-state index contributed by atoms with van der Waals surface area (Å²) in [5.41, 5.74) is 0. The molecular formula is C72H140O17P2. The number of aliphatic hydroxyl groups excluding tert-OH is 1. The van der Waals surface area contributed by atoms with Gasteiger partial charge in [0, 0.05) is 25.7 Å². The Hall–Kier alpha value is -1.94. The molecule has 0 heterocycles. The van der Waals surface area contributed by atoms with Gasteiger partial charge in [0.2, 0.25) is 0 Å². The Labute approximate surface area is 556 Å². The van der Waals surface area contributed by atoms with Crippen LogP contribution in [0.4, 0.5) is 0 Å². The number of carbonyl (C=O) groups is 4. The van der Waals surface area contributed by atoms with Gasteiger partial charge in [0.1, 0.15) is 19.3 Å². The van der Waals surface area contributed by atoms with Crippen LogP contribution in [0.25, 0.3) is 0 Å². The van der Waals surface area contributed by atoms with Gasteiger partial charge in [-0.05, 0) is 37.5 Å². The second kappa shape index (κ2) is 64.1. The molecule has 91 heavy (non-hydrogen) atoms. The maximum Gasteiger partial charge on any atom is 0.472 e. The van der Waals surface area contributed by atoms with Gasteiger partial charge in [-0.1, -0.05) is 318 Å². The van der Waals surface area contributed by atoms with Crippen molar-refractivity contribution in [1.29, 1.82) is 0 Å². The van der Waals surface area contributed by atoms with Crippen LogP contribution in [0.3, 0.4) is 0 Å². The molecule has 0 aromatic heterocycles. The Morgan fingerprint density at radius 3 is 0.747 bits per heavy atom. The predicted octanol–water partition coefficient (Wildman–Crippen LogP) is 20.8. The average Bonchev–Trinajstić information content (AvgIpc) is 3.73. The fourth-order valence-corrected chi connectivity index (χ4v) is 12.5. The summed E-state index contributed by atoms with van der Waals surface area (Å²) in [6.45, 7) is 9.51. The van der Waals surface area contributed by atoms with Crippen molar-refractivity contribution in [3.63, 3.8) is 0 Å². The normalized spacial score (nSPS) is 14.1. The molecule has 3 N–H and O–H groups in total.